The van der Waals surface area contributed by atoms with Crippen LogP contribution < -0.4 is 0 Å². The third kappa shape index (κ3) is 105. The Hall–Kier alpha value is -8.64. The van der Waals surface area contributed by atoms with E-state index in [0.29, 0.717) is 44.9 Å². The minimum absolute atomic E-state index is 0. The van der Waals surface area contributed by atoms with Gasteiger partial charge in [0.05, 0.1) is 42.4 Å². The Morgan fingerprint density at radius 1 is 0.286 bits per heavy atom. The van der Waals surface area contributed by atoms with Crippen LogP contribution in [0.5, 0.6) is 0 Å². The molecule has 1 aliphatic carbocycles. The van der Waals surface area contributed by atoms with Crippen molar-refractivity contribution in [1.29, 1.82) is 0 Å². The number of aliphatic carboxylic acids is 10. The highest BCUT2D eigenvalue weighted by Gasteiger charge is 2.39. The zero-order valence-electron chi connectivity index (χ0n) is 79.4. The predicted octanol–water partition coefficient (Wildman–Crippen LogP) is 23.9. The molecule has 0 saturated heterocycles. The molecule has 10 N–H and O–H groups in total. The highest BCUT2D eigenvalue weighted by atomic mass is 16.5. The molecule has 133 heavy (non-hydrogen) atoms. The first-order valence-electron chi connectivity index (χ1n) is 42.2. The number of carbonyl (C=O) groups is 20. The zero-order valence-corrected chi connectivity index (χ0v) is 79.4. The molecule has 0 bridgehead atoms. The van der Waals surface area contributed by atoms with Crippen LogP contribution in [0.4, 0.5) is 0 Å². The second kappa shape index (κ2) is 91.1. The van der Waals surface area contributed by atoms with Gasteiger partial charge in [0.1, 0.15) is 65.3 Å². The standard InChI is InChI=1S/C12H20O3.C11H20O3.2C10H18O3.2C9H16O3.2C8H14O3.C7H12O4.C7H12O3.11CH4/c1-9(2)10(13)7-12(8-11(14)15)5-3-4-6-12;1-5-11(4,7-10(13)14)6-9(12)8(2)3;1-7(2)8(11)5-10(3,4)6-9(12)13;1-5-10(4,9(12)13)6-8(11)7(2)3;1-6(2)7(10)5-9(3,4)8(11)12;1-6(2)8(10)4-7(3)5-9(11)12;1-5(2)7(9)4-6(3)8(10)11;1-6(2)7(9)4-3-5-8(10)11;1-5(2)6(8)3-11-4-7(9)10;1-5(2)6(8)3-4-7(9)10;;;;;;;;;;;/h9H,3-8H2,1-2H3,(H,14,15);8H,5-7H2,1-4H3,(H,13,14);2*7H,5-6H2,1-4H3,(H,12,13);6H,5H2,1-4H3,(H,11,12);6-7H,4-5H2,1-3H3,(H,11,12);5-6H,4H2,1-3H3,(H,10,11);6H,3-5H2,1-2H3,(H,10,11);5H,3-4H2,1-2H3,(H,9,10);5H,3-4H2,1-2H3,(H,9,10);11*1H4. The van der Waals surface area contributed by atoms with Gasteiger partial charge in [-0.15, -0.1) is 0 Å². The molecule has 0 amide bonds. The number of ketones is 10. The van der Waals surface area contributed by atoms with E-state index >= 15 is 0 Å². The van der Waals surface area contributed by atoms with Crippen molar-refractivity contribution in [3.8, 4) is 0 Å². The quantitative estimate of drug-likeness (QED) is 0.0270. The lowest BCUT2D eigenvalue weighted by molar-refractivity contribution is -0.151. The number of ether oxygens (including phenoxy) is 1. The lowest BCUT2D eigenvalue weighted by Gasteiger charge is -2.27. The van der Waals surface area contributed by atoms with Gasteiger partial charge in [-0.3, -0.25) is 91.1 Å². The summed E-state index contributed by atoms with van der Waals surface area (Å²) in [7, 11) is 0. The number of hydrogen-bond donors (Lipinski definition) is 10. The molecule has 1 aliphatic rings. The Morgan fingerprint density at radius 2 is 0.617 bits per heavy atom. The highest BCUT2D eigenvalue weighted by Crippen LogP contribution is 2.45. The number of rotatable bonds is 48. The number of hydrogen-bond acceptors (Lipinski definition) is 21. The number of carboxylic acids is 10. The van der Waals surface area contributed by atoms with Crippen molar-refractivity contribution in [2.24, 2.45) is 98.1 Å². The zero-order chi connectivity index (χ0) is 98.7. The molecule has 0 spiro atoms. The molecule has 31 nitrogen and oxygen atoms in total. The van der Waals surface area contributed by atoms with E-state index in [4.69, 9.17) is 51.1 Å². The Kier molecular flexibility index (Phi) is 119. The van der Waals surface area contributed by atoms with Gasteiger partial charge in [0.15, 0.2) is 5.78 Å². The van der Waals surface area contributed by atoms with Crippen LogP contribution in [0.1, 0.15) is 431 Å². The maximum Gasteiger partial charge on any atom is 0.329 e. The second-order valence-electron chi connectivity index (χ2n) is 36.6. The largest absolute Gasteiger partial charge is 0.481 e. The van der Waals surface area contributed by atoms with E-state index in [9.17, 15) is 95.9 Å². The van der Waals surface area contributed by atoms with Crippen molar-refractivity contribution in [3.63, 3.8) is 0 Å². The first-order valence-corrected chi connectivity index (χ1v) is 42.2. The minimum Gasteiger partial charge on any atom is -0.481 e. The van der Waals surface area contributed by atoms with Crippen LogP contribution >= 0.6 is 0 Å². The van der Waals surface area contributed by atoms with E-state index in [2.05, 4.69) is 4.74 Å². The fourth-order valence-corrected chi connectivity index (χ4v) is 9.74. The Labute approximate surface area is 807 Å². The summed E-state index contributed by atoms with van der Waals surface area (Å²) in [6.07, 6.45) is 8.51. The SMILES string of the molecule is C.C.C.C.C.C.C.C.C.C.C.CC(C)C(=O)CC(C)(C)C(=O)O.CC(C)C(=O)CC(C)(C)CC(=O)O.CC(C)C(=O)CC(C)C(=O)O.CC(C)C(=O)CC1(CC(=O)O)CCCC1.CC(C)C(=O)CCC(=O)O.CC(C)C(=O)CCCC(=O)O.CC(C)C(=O)COCC(=O)O.CC(CC(=O)O)CC(=O)C(C)C.CCC(C)(CC(=O)C(C)C)C(=O)O.CCC(C)(CC(=O)O)CC(=O)C(C)C. The highest BCUT2D eigenvalue weighted by molar-refractivity contribution is 5.89. The minimum atomic E-state index is -1.05. The number of carboxylic acid groups (broad SMARTS) is 10. The number of Topliss-reactive ketones (excluding diaryl/α,β-unsaturated/α-hetero) is 10. The summed E-state index contributed by atoms with van der Waals surface area (Å²) in [4.78, 5) is 216. The molecular formula is C102H204O31. The van der Waals surface area contributed by atoms with Crippen LogP contribution in [0.2, 0.25) is 0 Å². The fraction of sp³-hybridized carbons (Fsp3) is 0.804. The van der Waals surface area contributed by atoms with Crippen LogP contribution in [-0.4, -0.2) is 182 Å². The van der Waals surface area contributed by atoms with Gasteiger partial charge in [0, 0.05) is 130 Å². The summed E-state index contributed by atoms with van der Waals surface area (Å²) in [6.45, 7) is 52.9. The topological polar surface area (TPSA) is 553 Å². The Balaban J connectivity index is -0.0000000588. The number of carbonyl (C=O) groups excluding carboxylic acids is 10. The molecule has 0 aromatic heterocycles. The third-order valence-corrected chi connectivity index (χ3v) is 19.4. The first kappa shape index (κ1) is 174. The molecule has 0 heterocycles. The van der Waals surface area contributed by atoms with E-state index in [1.54, 1.807) is 125 Å². The van der Waals surface area contributed by atoms with Crippen LogP contribution in [-0.2, 0) is 101 Å². The van der Waals surface area contributed by atoms with Gasteiger partial charge in [-0.1, -0.05) is 281 Å². The normalized spacial score (nSPS) is 12.2. The summed E-state index contributed by atoms with van der Waals surface area (Å²) < 4.78 is 4.57. The molecule has 1 fully saturated rings. The lowest BCUT2D eigenvalue weighted by Crippen LogP contribution is -2.31. The lowest BCUT2D eigenvalue weighted by atomic mass is 9.76. The molecule has 798 valence electrons. The summed E-state index contributed by atoms with van der Waals surface area (Å²) in [6, 6.07) is 0. The molecular weight excluding hydrogens is 1720 g/mol. The van der Waals surface area contributed by atoms with Crippen LogP contribution in [0.3, 0.4) is 0 Å². The van der Waals surface area contributed by atoms with Gasteiger partial charge in [0.25, 0.3) is 0 Å². The van der Waals surface area contributed by atoms with Gasteiger partial charge in [-0.25, -0.2) is 4.79 Å². The molecule has 1 rings (SSSR count). The molecule has 0 aromatic carbocycles. The summed E-state index contributed by atoms with van der Waals surface area (Å²) in [5.74, 6) is -8.92. The van der Waals surface area contributed by atoms with Gasteiger partial charge in [0.2, 0.25) is 0 Å². The monoisotopic (exact) mass is 1930 g/mol. The summed E-state index contributed by atoms with van der Waals surface area (Å²) in [5, 5.41) is 85.3. The Morgan fingerprint density at radius 3 is 0.902 bits per heavy atom. The average Bonchev–Trinajstić information content (AvgIpc) is 1.61. The van der Waals surface area contributed by atoms with Crippen molar-refractivity contribution >= 4 is 118 Å². The maximum atomic E-state index is 11.7. The van der Waals surface area contributed by atoms with Crippen molar-refractivity contribution in [1.82, 2.24) is 0 Å². The smallest absolute Gasteiger partial charge is 0.329 e. The van der Waals surface area contributed by atoms with Gasteiger partial charge < -0.3 is 55.8 Å². The van der Waals surface area contributed by atoms with Crippen molar-refractivity contribution in [2.75, 3.05) is 13.2 Å². The predicted molar refractivity (Wildman–Crippen MR) is 537 cm³/mol. The molecule has 4 atom stereocenters. The average molecular weight is 1930 g/mol. The van der Waals surface area contributed by atoms with Crippen LogP contribution in [0.15, 0.2) is 0 Å². The van der Waals surface area contributed by atoms with Crippen LogP contribution in [0.25, 0.3) is 0 Å². The first-order chi connectivity index (χ1) is 55.1. The van der Waals surface area contributed by atoms with E-state index in [1.165, 1.54) is 0 Å². The molecule has 1 saturated carbocycles. The summed E-state index contributed by atoms with van der Waals surface area (Å²) in [5.41, 5.74) is -2.85. The van der Waals surface area contributed by atoms with E-state index < -0.39 is 88.5 Å². The summed E-state index contributed by atoms with van der Waals surface area (Å²) >= 11 is 0. The van der Waals surface area contributed by atoms with E-state index in [1.807, 2.05) is 83.1 Å². The Bertz CT molecular complexity index is 3210. The van der Waals surface area contributed by atoms with E-state index in [0.717, 1.165) is 32.1 Å². The van der Waals surface area contributed by atoms with Crippen molar-refractivity contribution in [3.05, 3.63) is 0 Å². The molecule has 0 radical (unpaired) electrons. The fourth-order valence-electron chi connectivity index (χ4n) is 9.74. The molecule has 0 aromatic rings. The van der Waals surface area contributed by atoms with Gasteiger partial charge in [-0.2, -0.15) is 0 Å². The van der Waals surface area contributed by atoms with Crippen molar-refractivity contribution in [2.45, 2.75) is 431 Å². The van der Waals surface area contributed by atoms with Crippen LogP contribution in [0, 0.1) is 98.1 Å². The molecule has 4 unspecified atom stereocenters. The third-order valence-electron chi connectivity index (χ3n) is 19.4. The van der Waals surface area contributed by atoms with Crippen molar-refractivity contribution < 1.29 is 152 Å². The van der Waals surface area contributed by atoms with Gasteiger partial charge >= 0.3 is 59.7 Å². The second-order valence-corrected chi connectivity index (χ2v) is 36.6. The maximum absolute atomic E-state index is 11.7. The van der Waals surface area contributed by atoms with Gasteiger partial charge in [-0.05, 0) is 75.0 Å². The van der Waals surface area contributed by atoms with E-state index in [-0.39, 0.29) is 286 Å². The molecule has 31 heteroatoms. The molecule has 0 aliphatic heterocycles.